The van der Waals surface area contributed by atoms with E-state index in [0.717, 1.165) is 6.42 Å². The van der Waals surface area contributed by atoms with Gasteiger partial charge in [-0.1, -0.05) is 13.2 Å². The number of likely N-dealkylation sites (tertiary alicyclic amines) is 1. The molecule has 2 heterocycles. The molecule has 2 rings (SSSR count). The van der Waals surface area contributed by atoms with Gasteiger partial charge in [-0.2, -0.15) is 0 Å². The van der Waals surface area contributed by atoms with Crippen molar-refractivity contribution in [2.75, 3.05) is 26.2 Å². The first-order valence-electron chi connectivity index (χ1n) is 12.1. The first-order chi connectivity index (χ1) is 15.8. The standard InChI is InChI=1S/C19H30N4O6/c1-2-4-14-5-3-12-22(14)13-16(25)21-10-8-15(24)20-11-9-19(28)29-23-17(26)6-7-18(23)27/h14H,2-13H2,1H3,(H,20,24)(H,21,25)/i1D3,2D2,3+1,4+1,5+1,12+1,14+1,16+1,19+1,20+1,22+1. The van der Waals surface area contributed by atoms with Crippen LogP contribution in [0.1, 0.15) is 65.0 Å². The van der Waals surface area contributed by atoms with Gasteiger partial charge in [0.15, 0.2) is 0 Å². The Balaban J connectivity index is 1.62. The van der Waals surface area contributed by atoms with Crippen LogP contribution in [0.3, 0.4) is 0 Å². The van der Waals surface area contributed by atoms with Gasteiger partial charge >= 0.3 is 5.97 Å². The lowest BCUT2D eigenvalue weighted by Crippen LogP contribution is -2.41. The van der Waals surface area contributed by atoms with Crippen LogP contribution in [0.15, 0.2) is 0 Å². The molecule has 0 aromatic carbocycles. The molecule has 0 radical (unpaired) electrons. The highest BCUT2D eigenvalue weighted by atomic mass is 16.8. The maximum Gasteiger partial charge on any atom is 0.334 e. The number of amides is 4. The van der Waals surface area contributed by atoms with Crippen LogP contribution in [0.5, 0.6) is 0 Å². The lowest BCUT2D eigenvalue weighted by atomic mass is 10.4. The summed E-state index contributed by atoms with van der Waals surface area (Å²) in [6, 6.07) is -0.352. The molecule has 1 unspecified atom stereocenters. The monoisotopic (exact) mass is 424 g/mol. The molecular formula is C19H30N4O6. The smallest absolute Gasteiger partial charge is 0.334 e. The third kappa shape index (κ3) is 7.45. The largest absolute Gasteiger partial charge is 0.355 e. The highest BCUT2D eigenvalue weighted by Gasteiger charge is 2.32. The number of carbonyl (C=O) groups excluding carboxylic acids is 5. The summed E-state index contributed by atoms with van der Waals surface area (Å²) >= 11 is 0. The Labute approximate surface area is 177 Å². The molecule has 1 atom stereocenters. The summed E-state index contributed by atoms with van der Waals surface area (Å²) in [6.45, 7) is -2.23. The van der Waals surface area contributed by atoms with Crippen LogP contribution >= 0.6 is 0 Å². The summed E-state index contributed by atoms with van der Waals surface area (Å²) in [5.41, 5.74) is 0. The highest BCUT2D eigenvalue weighted by Crippen LogP contribution is 2.20. The van der Waals surface area contributed by atoms with Crippen LogP contribution in [0.2, 0.25) is 0 Å². The highest BCUT2D eigenvalue weighted by molar-refractivity contribution is 6.01. The lowest BCUT2D eigenvalue weighted by molar-refractivity contribution is -0.197. The molecule has 0 spiro atoms. The van der Waals surface area contributed by atoms with E-state index in [1.165, 1.54) is 0 Å². The van der Waals surface area contributed by atoms with Crippen molar-refractivity contribution < 1.29 is 35.7 Å². The molecule has 0 aromatic heterocycles. The summed E-state index contributed by atoms with van der Waals surface area (Å²) in [5, 5.41) is 5.49. The van der Waals surface area contributed by atoms with Gasteiger partial charge in [0.1, 0.15) is 0 Å². The average Bonchev–Trinajstić information content (AvgIpc) is 3.27. The molecule has 10 heteroatoms. The molecule has 2 aliphatic rings. The van der Waals surface area contributed by atoms with Gasteiger partial charge in [0.05, 0.1) is 13.0 Å². The molecule has 0 saturated carbocycles. The van der Waals surface area contributed by atoms with Crippen molar-refractivity contribution in [1.29, 1.82) is 0 Å². The quantitative estimate of drug-likeness (QED) is 0.269. The Morgan fingerprint density at radius 3 is 2.55 bits per heavy atom. The van der Waals surface area contributed by atoms with E-state index in [0.29, 0.717) is 18.0 Å². The van der Waals surface area contributed by atoms with E-state index in [4.69, 9.17) is 6.85 Å². The Bertz CT molecular complexity index is 791. The normalized spacial score (nSPS) is 23.0. The number of carbonyl (C=O) groups is 5. The summed E-state index contributed by atoms with van der Waals surface area (Å²) in [7, 11) is 0. The number of nitrogens with one attached hydrogen (secondary N) is 2. The van der Waals surface area contributed by atoms with Crippen molar-refractivity contribution in [3.05, 3.63) is 0 Å². The molecule has 2 fully saturated rings. The van der Waals surface area contributed by atoms with E-state index in [1.807, 2.05) is 0 Å². The number of imide groups is 1. The third-order valence-electron chi connectivity index (χ3n) is 4.71. The fraction of sp³-hybridized carbons (Fsp3) is 0.737. The lowest BCUT2D eigenvalue weighted by Gasteiger charge is -2.23. The molecule has 0 aromatic rings. The second-order valence-electron chi connectivity index (χ2n) is 6.89. The van der Waals surface area contributed by atoms with Gasteiger partial charge in [-0.3, -0.25) is 24.1 Å². The number of hydrogen-bond acceptors (Lipinski definition) is 7. The Morgan fingerprint density at radius 1 is 1.14 bits per heavy atom. The summed E-state index contributed by atoms with van der Waals surface area (Å²) in [4.78, 5) is 64.9. The van der Waals surface area contributed by atoms with E-state index in [9.17, 15) is 24.0 Å². The predicted molar refractivity (Wildman–Crippen MR) is 102 cm³/mol. The molecule has 2 aliphatic heterocycles. The minimum absolute atomic E-state index is 0.00947. The molecule has 29 heavy (non-hydrogen) atoms. The van der Waals surface area contributed by atoms with Crippen molar-refractivity contribution >= 4 is 29.6 Å². The predicted octanol–water partition coefficient (Wildman–Crippen LogP) is -0.129. The van der Waals surface area contributed by atoms with Gasteiger partial charge in [0.25, 0.3) is 11.8 Å². The maximum atomic E-state index is 12.2. The molecule has 0 bridgehead atoms. The minimum atomic E-state index is -2.74. The van der Waals surface area contributed by atoms with Crippen molar-refractivity contribution in [2.24, 2.45) is 0 Å². The molecule has 4 amide bonds. The molecule has 162 valence electrons. The first kappa shape index (κ1) is 16.3. The first-order valence-corrected chi connectivity index (χ1v) is 9.64. The van der Waals surface area contributed by atoms with E-state index in [-0.39, 0.29) is 63.7 Å². The molecule has 0 aliphatic carbocycles. The van der Waals surface area contributed by atoms with Crippen LogP contribution in [-0.2, 0) is 28.8 Å². The zero-order valence-corrected chi connectivity index (χ0v) is 16.2. The van der Waals surface area contributed by atoms with Gasteiger partial charge in [-0.05, 0) is 25.8 Å². The van der Waals surface area contributed by atoms with Crippen molar-refractivity contribution in [1.82, 2.24) is 20.6 Å². The maximum absolute atomic E-state index is 12.2. The van der Waals surface area contributed by atoms with Gasteiger partial charge < -0.3 is 15.5 Å². The van der Waals surface area contributed by atoms with Crippen molar-refractivity contribution in [2.45, 2.75) is 64.2 Å². The number of rotatable bonds is 11. The number of hydrogen-bond donors (Lipinski definition) is 2. The van der Waals surface area contributed by atoms with Gasteiger partial charge in [-0.15, -0.1) is 5.06 Å². The van der Waals surface area contributed by atoms with Gasteiger partial charge in [0.2, 0.25) is 11.8 Å². The summed E-state index contributed by atoms with van der Waals surface area (Å²) in [5.74, 6) is -2.80. The molecular weight excluding hydrogens is 389 g/mol. The van der Waals surface area contributed by atoms with Gasteiger partial charge in [-0.25, -0.2) is 4.79 Å². The summed E-state index contributed by atoms with van der Waals surface area (Å²) in [6.07, 6.45) is -1.50. The zero-order chi connectivity index (χ0) is 25.5. The van der Waals surface area contributed by atoms with E-state index >= 15 is 0 Å². The fourth-order valence-electron chi connectivity index (χ4n) is 3.21. The summed E-state index contributed by atoms with van der Waals surface area (Å²) < 4.78 is 37.6. The SMILES string of the molecule is [2H]C([2H])([2H])C([2H])([2H])[13CH2][13CH]1[13CH2][13CH2][13CH2][15N]1C[13C](=O)NCCC(=O)[15NH]CC[13C](=O)ON1C(=O)CCC1=O. The minimum Gasteiger partial charge on any atom is -0.355 e. The van der Waals surface area contributed by atoms with Crippen LogP contribution < -0.4 is 10.6 Å². The zero-order valence-electron chi connectivity index (χ0n) is 21.2. The second-order valence-corrected chi connectivity index (χ2v) is 6.89. The van der Waals surface area contributed by atoms with Crippen molar-refractivity contribution in [3.8, 4) is 0 Å². The molecule has 2 N–H and O–H groups in total. The Kier molecular flexibility index (Phi) is 6.47. The second kappa shape index (κ2) is 11.5. The van der Waals surface area contributed by atoms with E-state index in [1.54, 1.807) is 4.90 Å². The number of nitrogens with zero attached hydrogens (tertiary/aromatic N) is 2. The van der Waals surface area contributed by atoms with Crippen LogP contribution in [-0.4, -0.2) is 71.8 Å². The molecule has 10 nitrogen and oxygen atoms in total. The fourth-order valence-corrected chi connectivity index (χ4v) is 3.21. The van der Waals surface area contributed by atoms with Crippen LogP contribution in [0, 0.1) is 0 Å². The Morgan fingerprint density at radius 2 is 1.83 bits per heavy atom. The van der Waals surface area contributed by atoms with E-state index < -0.39 is 36.9 Å². The number of hydroxylamine groups is 2. The van der Waals surface area contributed by atoms with Crippen LogP contribution in [0.4, 0.5) is 0 Å². The van der Waals surface area contributed by atoms with Crippen LogP contribution in [0.25, 0.3) is 0 Å². The van der Waals surface area contributed by atoms with E-state index in [2.05, 4.69) is 15.5 Å². The molecule has 2 saturated heterocycles. The van der Waals surface area contributed by atoms with Crippen molar-refractivity contribution in [3.63, 3.8) is 0 Å². The van der Waals surface area contributed by atoms with Gasteiger partial charge in [0, 0.05) is 45.2 Å². The third-order valence-corrected chi connectivity index (χ3v) is 4.71. The topological polar surface area (TPSA) is 125 Å². The average molecular weight is 424 g/mol. The Hall–Kier alpha value is -2.49.